The van der Waals surface area contributed by atoms with Crippen molar-refractivity contribution in [2.75, 3.05) is 6.54 Å². The Hall–Kier alpha value is -1.55. The highest BCUT2D eigenvalue weighted by Gasteiger charge is 2.08. The first-order chi connectivity index (χ1) is 8.25. The Bertz CT molecular complexity index is 433. The largest absolute Gasteiger partial charge is 0.465 e. The molecule has 0 spiro atoms. The summed E-state index contributed by atoms with van der Waals surface area (Å²) in [4.78, 5) is 7.30. The van der Waals surface area contributed by atoms with Crippen LogP contribution in [0.3, 0.4) is 0 Å². The van der Waals surface area contributed by atoms with Crippen LogP contribution in [0.1, 0.15) is 36.7 Å². The van der Waals surface area contributed by atoms with Gasteiger partial charge in [0.2, 0.25) is 0 Å². The van der Waals surface area contributed by atoms with Crippen LogP contribution in [0.5, 0.6) is 0 Å². The average Bonchev–Trinajstić information content (AvgIpc) is 2.95. The first-order valence-corrected chi connectivity index (χ1v) is 6.03. The standard InChI is InChI=1S/C13H19N3O/c1-10-5-6-12(17-10)11(2)14-7-3-4-13-15-8-9-16-13/h5-6,8-9,11,14H,3-4,7H2,1-2H3,(H,15,16). The Morgan fingerprint density at radius 2 is 2.35 bits per heavy atom. The third kappa shape index (κ3) is 3.46. The lowest BCUT2D eigenvalue weighted by Crippen LogP contribution is -2.19. The zero-order chi connectivity index (χ0) is 12.1. The highest BCUT2D eigenvalue weighted by Crippen LogP contribution is 2.15. The topological polar surface area (TPSA) is 53.9 Å². The minimum Gasteiger partial charge on any atom is -0.465 e. The van der Waals surface area contributed by atoms with Crippen LogP contribution in [0.15, 0.2) is 28.9 Å². The predicted octanol–water partition coefficient (Wildman–Crippen LogP) is 2.59. The molecule has 92 valence electrons. The highest BCUT2D eigenvalue weighted by atomic mass is 16.3. The van der Waals surface area contributed by atoms with E-state index in [0.717, 1.165) is 36.7 Å². The third-order valence-corrected chi connectivity index (χ3v) is 2.78. The van der Waals surface area contributed by atoms with Gasteiger partial charge in [-0.2, -0.15) is 0 Å². The normalized spacial score (nSPS) is 12.8. The van der Waals surface area contributed by atoms with Crippen molar-refractivity contribution >= 4 is 0 Å². The number of rotatable bonds is 6. The zero-order valence-corrected chi connectivity index (χ0v) is 10.4. The van der Waals surface area contributed by atoms with Gasteiger partial charge < -0.3 is 14.7 Å². The summed E-state index contributed by atoms with van der Waals surface area (Å²) in [6.07, 6.45) is 5.69. The molecule has 0 saturated carbocycles. The summed E-state index contributed by atoms with van der Waals surface area (Å²) < 4.78 is 5.57. The zero-order valence-electron chi connectivity index (χ0n) is 10.4. The molecule has 0 aliphatic rings. The van der Waals surface area contributed by atoms with E-state index < -0.39 is 0 Å². The van der Waals surface area contributed by atoms with E-state index in [9.17, 15) is 0 Å². The van der Waals surface area contributed by atoms with Gasteiger partial charge in [-0.05, 0) is 38.9 Å². The molecule has 4 nitrogen and oxygen atoms in total. The van der Waals surface area contributed by atoms with Crippen LogP contribution < -0.4 is 5.32 Å². The number of aromatic amines is 1. The molecule has 4 heteroatoms. The summed E-state index contributed by atoms with van der Waals surface area (Å²) in [5.74, 6) is 3.01. The fourth-order valence-corrected chi connectivity index (χ4v) is 1.80. The van der Waals surface area contributed by atoms with Crippen LogP contribution in [0.2, 0.25) is 0 Å². The van der Waals surface area contributed by atoms with Gasteiger partial charge in [0, 0.05) is 18.8 Å². The van der Waals surface area contributed by atoms with Crippen molar-refractivity contribution in [1.29, 1.82) is 0 Å². The van der Waals surface area contributed by atoms with Crippen molar-refractivity contribution in [1.82, 2.24) is 15.3 Å². The lowest BCUT2D eigenvalue weighted by molar-refractivity contribution is 0.415. The van der Waals surface area contributed by atoms with Gasteiger partial charge in [-0.3, -0.25) is 0 Å². The van der Waals surface area contributed by atoms with Crippen LogP contribution in [0.25, 0.3) is 0 Å². The van der Waals surface area contributed by atoms with Gasteiger partial charge in [0.25, 0.3) is 0 Å². The molecule has 0 aromatic carbocycles. The fraction of sp³-hybridized carbons (Fsp3) is 0.462. The number of aryl methyl sites for hydroxylation is 2. The van der Waals surface area contributed by atoms with Crippen LogP contribution in [0.4, 0.5) is 0 Å². The number of furan rings is 1. The van der Waals surface area contributed by atoms with Crippen LogP contribution in [0, 0.1) is 6.92 Å². The molecule has 2 aromatic heterocycles. The number of aromatic nitrogens is 2. The van der Waals surface area contributed by atoms with Gasteiger partial charge in [-0.25, -0.2) is 4.98 Å². The van der Waals surface area contributed by atoms with E-state index in [0.29, 0.717) is 0 Å². The number of hydrogen-bond donors (Lipinski definition) is 2. The quantitative estimate of drug-likeness (QED) is 0.754. The Kier molecular flexibility index (Phi) is 3.98. The molecule has 0 radical (unpaired) electrons. The lowest BCUT2D eigenvalue weighted by Gasteiger charge is -2.10. The predicted molar refractivity (Wildman–Crippen MR) is 66.8 cm³/mol. The summed E-state index contributed by atoms with van der Waals surface area (Å²) >= 11 is 0. The van der Waals surface area contributed by atoms with E-state index in [1.54, 1.807) is 6.20 Å². The summed E-state index contributed by atoms with van der Waals surface area (Å²) in [5.41, 5.74) is 0. The number of nitrogens with zero attached hydrogens (tertiary/aromatic N) is 1. The molecule has 0 aliphatic heterocycles. The fourth-order valence-electron chi connectivity index (χ4n) is 1.80. The summed E-state index contributed by atoms with van der Waals surface area (Å²) in [7, 11) is 0. The Balaban J connectivity index is 1.68. The van der Waals surface area contributed by atoms with Gasteiger partial charge in [-0.15, -0.1) is 0 Å². The number of H-pyrrole nitrogens is 1. The van der Waals surface area contributed by atoms with Gasteiger partial charge in [-0.1, -0.05) is 0 Å². The van der Waals surface area contributed by atoms with E-state index in [2.05, 4.69) is 22.2 Å². The summed E-state index contributed by atoms with van der Waals surface area (Å²) in [6, 6.07) is 4.29. The Labute approximate surface area is 101 Å². The van der Waals surface area contributed by atoms with Gasteiger partial charge in [0.1, 0.15) is 17.3 Å². The van der Waals surface area contributed by atoms with E-state index >= 15 is 0 Å². The second-order valence-corrected chi connectivity index (χ2v) is 4.26. The molecule has 0 amide bonds. The first-order valence-electron chi connectivity index (χ1n) is 6.03. The van der Waals surface area contributed by atoms with E-state index in [1.165, 1.54) is 0 Å². The molecular weight excluding hydrogens is 214 g/mol. The first kappa shape index (κ1) is 11.9. The molecule has 1 atom stereocenters. The molecule has 0 saturated heterocycles. The number of nitrogens with one attached hydrogen (secondary N) is 2. The van der Waals surface area contributed by atoms with Gasteiger partial charge >= 0.3 is 0 Å². The summed E-state index contributed by atoms with van der Waals surface area (Å²) in [5, 5.41) is 3.44. The monoisotopic (exact) mass is 233 g/mol. The molecule has 2 rings (SSSR count). The Morgan fingerprint density at radius 1 is 1.47 bits per heavy atom. The second kappa shape index (κ2) is 5.68. The van der Waals surface area contributed by atoms with E-state index in [1.807, 2.05) is 25.3 Å². The van der Waals surface area contributed by atoms with Crippen molar-refractivity contribution in [2.24, 2.45) is 0 Å². The molecule has 0 bridgehead atoms. The molecule has 2 heterocycles. The van der Waals surface area contributed by atoms with Crippen molar-refractivity contribution < 1.29 is 4.42 Å². The summed E-state index contributed by atoms with van der Waals surface area (Å²) in [6.45, 7) is 5.04. The van der Waals surface area contributed by atoms with Crippen LogP contribution in [-0.2, 0) is 6.42 Å². The lowest BCUT2D eigenvalue weighted by atomic mass is 10.2. The third-order valence-electron chi connectivity index (χ3n) is 2.78. The van der Waals surface area contributed by atoms with Crippen LogP contribution in [-0.4, -0.2) is 16.5 Å². The SMILES string of the molecule is Cc1ccc(C(C)NCCCc2ncc[nH]2)o1. The molecule has 17 heavy (non-hydrogen) atoms. The molecule has 0 aliphatic carbocycles. The highest BCUT2D eigenvalue weighted by molar-refractivity contribution is 5.08. The number of hydrogen-bond acceptors (Lipinski definition) is 3. The van der Waals surface area contributed by atoms with Gasteiger partial charge in [0.05, 0.1) is 6.04 Å². The minimum atomic E-state index is 0.264. The van der Waals surface area contributed by atoms with Gasteiger partial charge in [0.15, 0.2) is 0 Å². The second-order valence-electron chi connectivity index (χ2n) is 4.26. The van der Waals surface area contributed by atoms with Crippen LogP contribution >= 0.6 is 0 Å². The maximum Gasteiger partial charge on any atom is 0.120 e. The molecule has 0 fully saturated rings. The average molecular weight is 233 g/mol. The molecule has 2 aromatic rings. The van der Waals surface area contributed by atoms with Crippen molar-refractivity contribution in [3.05, 3.63) is 41.9 Å². The maximum atomic E-state index is 5.57. The maximum absolute atomic E-state index is 5.57. The van der Waals surface area contributed by atoms with Crippen molar-refractivity contribution in [3.63, 3.8) is 0 Å². The van der Waals surface area contributed by atoms with Crippen molar-refractivity contribution in [3.8, 4) is 0 Å². The molecular formula is C13H19N3O. The van der Waals surface area contributed by atoms with E-state index in [4.69, 9.17) is 4.42 Å². The minimum absolute atomic E-state index is 0.264. The smallest absolute Gasteiger partial charge is 0.120 e. The molecule has 2 N–H and O–H groups in total. The Morgan fingerprint density at radius 3 is 3.00 bits per heavy atom. The van der Waals surface area contributed by atoms with Crippen molar-refractivity contribution in [2.45, 2.75) is 32.7 Å². The van der Waals surface area contributed by atoms with E-state index in [-0.39, 0.29) is 6.04 Å². The number of imidazole rings is 1. The molecule has 1 unspecified atom stereocenters.